The molecule has 1 atom stereocenters. The van der Waals surface area contributed by atoms with Gasteiger partial charge in [0.15, 0.2) is 0 Å². The fourth-order valence-corrected chi connectivity index (χ4v) is 2.24. The molecule has 0 amide bonds. The largest absolute Gasteiger partial charge is 0.496 e. The van der Waals surface area contributed by atoms with Gasteiger partial charge in [-0.05, 0) is 36.7 Å². The number of ether oxygens (including phenoxy) is 1. The quantitative estimate of drug-likeness (QED) is 0.895. The van der Waals surface area contributed by atoms with Crippen molar-refractivity contribution in [2.45, 2.75) is 12.3 Å². The van der Waals surface area contributed by atoms with E-state index in [2.05, 4.69) is 12.1 Å². The second-order valence-electron chi connectivity index (χ2n) is 4.51. The van der Waals surface area contributed by atoms with Crippen LogP contribution in [-0.4, -0.2) is 13.7 Å². The second kappa shape index (κ2) is 6.34. The fourth-order valence-electron chi connectivity index (χ4n) is 2.24. The highest BCUT2D eigenvalue weighted by atomic mass is 19.1. The van der Waals surface area contributed by atoms with Crippen LogP contribution in [0.1, 0.15) is 17.0 Å². The van der Waals surface area contributed by atoms with E-state index in [4.69, 9.17) is 10.5 Å². The Morgan fingerprint density at radius 1 is 1.16 bits per heavy atom. The van der Waals surface area contributed by atoms with Crippen LogP contribution in [0.2, 0.25) is 0 Å². The average Bonchev–Trinajstić information content (AvgIpc) is 2.46. The van der Waals surface area contributed by atoms with E-state index in [1.165, 1.54) is 17.7 Å². The average molecular weight is 259 g/mol. The maximum absolute atomic E-state index is 13.4. The topological polar surface area (TPSA) is 35.2 Å². The highest BCUT2D eigenvalue weighted by Crippen LogP contribution is 2.29. The molecule has 0 aliphatic rings. The van der Waals surface area contributed by atoms with E-state index < -0.39 is 0 Å². The minimum atomic E-state index is -0.262. The third-order valence-electron chi connectivity index (χ3n) is 3.24. The number of hydrogen-bond donors (Lipinski definition) is 1. The summed E-state index contributed by atoms with van der Waals surface area (Å²) in [6.45, 7) is 0.453. The molecule has 0 aliphatic heterocycles. The van der Waals surface area contributed by atoms with Gasteiger partial charge < -0.3 is 10.5 Å². The molecule has 0 aliphatic carbocycles. The van der Waals surface area contributed by atoms with Crippen molar-refractivity contribution in [2.24, 2.45) is 5.73 Å². The molecule has 3 heteroatoms. The fraction of sp³-hybridized carbons (Fsp3) is 0.250. The van der Waals surface area contributed by atoms with Gasteiger partial charge in [0.05, 0.1) is 7.11 Å². The van der Waals surface area contributed by atoms with Crippen molar-refractivity contribution in [1.82, 2.24) is 0 Å². The molecular weight excluding hydrogens is 241 g/mol. The van der Waals surface area contributed by atoms with E-state index >= 15 is 0 Å². The number of benzene rings is 2. The van der Waals surface area contributed by atoms with E-state index in [1.54, 1.807) is 13.2 Å². The molecule has 2 aromatic rings. The van der Waals surface area contributed by atoms with Gasteiger partial charge in [-0.2, -0.15) is 0 Å². The number of hydrogen-bond acceptors (Lipinski definition) is 2. The Morgan fingerprint density at radius 2 is 1.89 bits per heavy atom. The normalized spacial score (nSPS) is 12.2. The standard InChI is InChI=1S/C16H18FNO/c1-19-16-8-7-14(17)10-15(16)13(11-18)9-12-5-3-2-4-6-12/h2-8,10,13H,9,11,18H2,1H3. The minimum absolute atomic E-state index is 0.0491. The zero-order valence-corrected chi connectivity index (χ0v) is 11.0. The second-order valence-corrected chi connectivity index (χ2v) is 4.51. The molecule has 0 saturated carbocycles. The predicted octanol–water partition coefficient (Wildman–Crippen LogP) is 3.12. The lowest BCUT2D eigenvalue weighted by Crippen LogP contribution is -2.16. The van der Waals surface area contributed by atoms with Gasteiger partial charge in [-0.1, -0.05) is 30.3 Å². The predicted molar refractivity (Wildman–Crippen MR) is 74.9 cm³/mol. The van der Waals surface area contributed by atoms with Crippen molar-refractivity contribution in [1.29, 1.82) is 0 Å². The first-order valence-electron chi connectivity index (χ1n) is 6.32. The Labute approximate surface area is 113 Å². The van der Waals surface area contributed by atoms with Crippen molar-refractivity contribution in [3.05, 3.63) is 65.5 Å². The highest BCUT2D eigenvalue weighted by molar-refractivity contribution is 5.38. The van der Waals surface area contributed by atoms with Crippen LogP contribution in [0.3, 0.4) is 0 Å². The molecule has 0 spiro atoms. The molecule has 2 N–H and O–H groups in total. The third-order valence-corrected chi connectivity index (χ3v) is 3.24. The third kappa shape index (κ3) is 3.32. The molecule has 2 aromatic carbocycles. The first kappa shape index (κ1) is 13.6. The molecule has 100 valence electrons. The van der Waals surface area contributed by atoms with E-state index in [0.29, 0.717) is 12.3 Å². The van der Waals surface area contributed by atoms with Crippen LogP contribution in [0.25, 0.3) is 0 Å². The van der Waals surface area contributed by atoms with Gasteiger partial charge in [0.2, 0.25) is 0 Å². The van der Waals surface area contributed by atoms with Gasteiger partial charge in [0.25, 0.3) is 0 Å². The summed E-state index contributed by atoms with van der Waals surface area (Å²) < 4.78 is 18.7. The van der Waals surface area contributed by atoms with Crippen LogP contribution >= 0.6 is 0 Å². The van der Waals surface area contributed by atoms with Crippen LogP contribution in [0.4, 0.5) is 4.39 Å². The van der Waals surface area contributed by atoms with Crippen LogP contribution in [0.5, 0.6) is 5.75 Å². The number of halogens is 1. The van der Waals surface area contributed by atoms with E-state index in [9.17, 15) is 4.39 Å². The van der Waals surface area contributed by atoms with Gasteiger partial charge in [0.1, 0.15) is 11.6 Å². The number of rotatable bonds is 5. The monoisotopic (exact) mass is 259 g/mol. The molecule has 1 unspecified atom stereocenters. The van der Waals surface area contributed by atoms with Crippen molar-refractivity contribution < 1.29 is 9.13 Å². The summed E-state index contributed by atoms with van der Waals surface area (Å²) in [5, 5.41) is 0. The number of methoxy groups -OCH3 is 1. The van der Waals surface area contributed by atoms with Crippen molar-refractivity contribution in [2.75, 3.05) is 13.7 Å². The summed E-state index contributed by atoms with van der Waals surface area (Å²) in [6, 6.07) is 14.6. The van der Waals surface area contributed by atoms with E-state index in [1.807, 2.05) is 18.2 Å². The summed E-state index contributed by atoms with van der Waals surface area (Å²) in [7, 11) is 1.59. The Balaban J connectivity index is 2.29. The molecule has 0 radical (unpaired) electrons. The van der Waals surface area contributed by atoms with Crippen LogP contribution < -0.4 is 10.5 Å². The summed E-state index contributed by atoms with van der Waals surface area (Å²) in [5.41, 5.74) is 7.86. The van der Waals surface area contributed by atoms with Crippen molar-refractivity contribution >= 4 is 0 Å². The van der Waals surface area contributed by atoms with Gasteiger partial charge >= 0.3 is 0 Å². The maximum Gasteiger partial charge on any atom is 0.123 e. The maximum atomic E-state index is 13.4. The highest BCUT2D eigenvalue weighted by Gasteiger charge is 2.16. The summed E-state index contributed by atoms with van der Waals surface area (Å²) in [4.78, 5) is 0. The van der Waals surface area contributed by atoms with Crippen LogP contribution in [0.15, 0.2) is 48.5 Å². The lowest BCUT2D eigenvalue weighted by atomic mass is 9.91. The molecule has 0 heterocycles. The molecular formula is C16H18FNO. The summed E-state index contributed by atoms with van der Waals surface area (Å²) >= 11 is 0. The van der Waals surface area contributed by atoms with Crippen LogP contribution in [-0.2, 0) is 6.42 Å². The Bertz CT molecular complexity index is 528. The minimum Gasteiger partial charge on any atom is -0.496 e. The van der Waals surface area contributed by atoms with Crippen molar-refractivity contribution in [3.63, 3.8) is 0 Å². The van der Waals surface area contributed by atoms with Crippen molar-refractivity contribution in [3.8, 4) is 5.75 Å². The lowest BCUT2D eigenvalue weighted by molar-refractivity contribution is 0.403. The molecule has 0 fully saturated rings. The van der Waals surface area contributed by atoms with E-state index in [-0.39, 0.29) is 11.7 Å². The van der Waals surface area contributed by atoms with Crippen LogP contribution in [0, 0.1) is 5.82 Å². The Kier molecular flexibility index (Phi) is 4.53. The Morgan fingerprint density at radius 3 is 2.53 bits per heavy atom. The zero-order chi connectivity index (χ0) is 13.7. The first-order valence-corrected chi connectivity index (χ1v) is 6.32. The molecule has 19 heavy (non-hydrogen) atoms. The van der Waals surface area contributed by atoms with E-state index in [0.717, 1.165) is 12.0 Å². The SMILES string of the molecule is COc1ccc(F)cc1C(CN)Cc1ccccc1. The lowest BCUT2D eigenvalue weighted by Gasteiger charge is -2.18. The molecule has 0 aromatic heterocycles. The smallest absolute Gasteiger partial charge is 0.123 e. The summed E-state index contributed by atoms with van der Waals surface area (Å²) in [5.74, 6) is 0.475. The number of nitrogens with two attached hydrogens (primary N) is 1. The van der Waals surface area contributed by atoms with Gasteiger partial charge in [-0.15, -0.1) is 0 Å². The van der Waals surface area contributed by atoms with Gasteiger partial charge in [-0.25, -0.2) is 4.39 Å². The van der Waals surface area contributed by atoms with Gasteiger partial charge in [0, 0.05) is 11.5 Å². The molecule has 0 bridgehead atoms. The first-order chi connectivity index (χ1) is 9.24. The summed E-state index contributed by atoms with van der Waals surface area (Å²) in [6.07, 6.45) is 0.775. The zero-order valence-electron chi connectivity index (χ0n) is 11.0. The molecule has 0 saturated heterocycles. The van der Waals surface area contributed by atoms with Gasteiger partial charge in [-0.3, -0.25) is 0 Å². The molecule has 2 nitrogen and oxygen atoms in total. The molecule has 2 rings (SSSR count). The Hall–Kier alpha value is -1.87.